The van der Waals surface area contributed by atoms with E-state index in [0.29, 0.717) is 0 Å². The number of guanidine groups is 1. The van der Waals surface area contributed by atoms with Crippen LogP contribution in [0, 0.1) is 11.8 Å². The number of likely N-dealkylation sites (tertiary alicyclic amines) is 2. The number of nitrogens with one attached hydrogen (secondary N) is 1. The molecule has 158 valence electrons. The third-order valence-corrected chi connectivity index (χ3v) is 5.60. The summed E-state index contributed by atoms with van der Waals surface area (Å²) in [6, 6.07) is 0.0830. The van der Waals surface area contributed by atoms with Crippen molar-refractivity contribution in [2.75, 3.05) is 53.9 Å². The summed E-state index contributed by atoms with van der Waals surface area (Å²) in [5, 5.41) is 3.53. The SMILES string of the molecule is CN=C(NCCCN1CCCC1C(=O)N(C)C)N1CCC(CC(C)C)C1.I. The lowest BCUT2D eigenvalue weighted by Gasteiger charge is -2.26. The minimum Gasteiger partial charge on any atom is -0.356 e. The molecule has 0 radical (unpaired) electrons. The summed E-state index contributed by atoms with van der Waals surface area (Å²) in [5.74, 6) is 2.86. The molecule has 2 heterocycles. The van der Waals surface area contributed by atoms with E-state index in [0.717, 1.165) is 69.8 Å². The number of carbonyl (C=O) groups excluding carboxylic acids is 1. The van der Waals surface area contributed by atoms with Gasteiger partial charge in [-0.05, 0) is 50.5 Å². The van der Waals surface area contributed by atoms with Crippen molar-refractivity contribution < 1.29 is 4.79 Å². The molecule has 0 aliphatic carbocycles. The Balaban J connectivity index is 0.00000364. The van der Waals surface area contributed by atoms with Gasteiger partial charge in [-0.1, -0.05) is 13.8 Å². The number of carbonyl (C=O) groups is 1. The van der Waals surface area contributed by atoms with E-state index in [1.165, 1.54) is 12.8 Å². The third-order valence-electron chi connectivity index (χ3n) is 5.60. The van der Waals surface area contributed by atoms with Gasteiger partial charge in [0.05, 0.1) is 6.04 Å². The second kappa shape index (κ2) is 12.1. The van der Waals surface area contributed by atoms with E-state index in [9.17, 15) is 4.79 Å². The zero-order valence-corrected chi connectivity index (χ0v) is 20.2. The van der Waals surface area contributed by atoms with Gasteiger partial charge in [-0.3, -0.25) is 14.7 Å². The lowest BCUT2D eigenvalue weighted by molar-refractivity contribution is -0.133. The van der Waals surface area contributed by atoms with Gasteiger partial charge in [0.15, 0.2) is 5.96 Å². The van der Waals surface area contributed by atoms with Gasteiger partial charge >= 0.3 is 0 Å². The maximum Gasteiger partial charge on any atom is 0.239 e. The number of hydrogen-bond acceptors (Lipinski definition) is 3. The summed E-state index contributed by atoms with van der Waals surface area (Å²) in [4.78, 5) is 23.2. The molecule has 0 aromatic carbocycles. The van der Waals surface area contributed by atoms with Crippen LogP contribution in [0.25, 0.3) is 0 Å². The maximum atomic E-state index is 12.3. The number of nitrogens with zero attached hydrogens (tertiary/aromatic N) is 4. The van der Waals surface area contributed by atoms with Crippen LogP contribution in [0.3, 0.4) is 0 Å². The summed E-state index contributed by atoms with van der Waals surface area (Å²) in [5.41, 5.74) is 0. The average molecular weight is 493 g/mol. The standard InChI is InChI=1S/C20H39N5O.HI/c1-16(2)14-17-9-13-25(15-17)20(21-3)22-10-7-12-24-11-6-8-18(24)19(26)23(4)5;/h16-18H,6-15H2,1-5H3,(H,21,22);1H. The lowest BCUT2D eigenvalue weighted by atomic mass is 9.97. The smallest absolute Gasteiger partial charge is 0.239 e. The molecule has 0 aromatic rings. The molecule has 7 heteroatoms. The summed E-state index contributed by atoms with van der Waals surface area (Å²) >= 11 is 0. The molecule has 27 heavy (non-hydrogen) atoms. The Morgan fingerprint density at radius 1 is 1.26 bits per heavy atom. The van der Waals surface area contributed by atoms with Crippen LogP contribution in [0.5, 0.6) is 0 Å². The van der Waals surface area contributed by atoms with Crippen LogP contribution in [-0.2, 0) is 4.79 Å². The largest absolute Gasteiger partial charge is 0.356 e. The average Bonchev–Trinajstić information content (AvgIpc) is 3.23. The highest BCUT2D eigenvalue weighted by Crippen LogP contribution is 2.23. The first-order chi connectivity index (χ1) is 12.4. The second-order valence-electron chi connectivity index (χ2n) is 8.48. The van der Waals surface area contributed by atoms with Crippen molar-refractivity contribution in [3.05, 3.63) is 0 Å². The van der Waals surface area contributed by atoms with Crippen molar-refractivity contribution in [1.82, 2.24) is 20.0 Å². The summed E-state index contributed by atoms with van der Waals surface area (Å²) < 4.78 is 0. The predicted molar refractivity (Wildman–Crippen MR) is 124 cm³/mol. The first kappa shape index (κ1) is 24.5. The molecule has 6 nitrogen and oxygen atoms in total. The second-order valence-corrected chi connectivity index (χ2v) is 8.48. The van der Waals surface area contributed by atoms with Gasteiger partial charge in [0.1, 0.15) is 0 Å². The van der Waals surface area contributed by atoms with E-state index in [1.54, 1.807) is 4.90 Å². The first-order valence-corrected chi connectivity index (χ1v) is 10.3. The van der Waals surface area contributed by atoms with Crippen molar-refractivity contribution in [3.63, 3.8) is 0 Å². The Kier molecular flexibility index (Phi) is 11.0. The maximum absolute atomic E-state index is 12.3. The molecule has 0 bridgehead atoms. The van der Waals surface area contributed by atoms with Gasteiger partial charge in [0, 0.05) is 47.3 Å². The molecule has 2 rings (SSSR count). The van der Waals surface area contributed by atoms with Crippen LogP contribution in [0.2, 0.25) is 0 Å². The van der Waals surface area contributed by atoms with Crippen LogP contribution in [-0.4, -0.2) is 86.5 Å². The molecule has 1 amide bonds. The summed E-state index contributed by atoms with van der Waals surface area (Å²) in [6.45, 7) is 9.79. The van der Waals surface area contributed by atoms with Crippen molar-refractivity contribution in [2.45, 2.75) is 52.0 Å². The van der Waals surface area contributed by atoms with Crippen LogP contribution < -0.4 is 5.32 Å². The highest BCUT2D eigenvalue weighted by molar-refractivity contribution is 14.0. The van der Waals surface area contributed by atoms with E-state index in [2.05, 4.69) is 34.0 Å². The predicted octanol–water partition coefficient (Wildman–Crippen LogP) is 2.49. The molecule has 2 aliphatic heterocycles. The van der Waals surface area contributed by atoms with E-state index in [-0.39, 0.29) is 35.9 Å². The molecule has 0 saturated carbocycles. The van der Waals surface area contributed by atoms with Gasteiger partial charge in [-0.2, -0.15) is 0 Å². The number of amides is 1. The van der Waals surface area contributed by atoms with Crippen LogP contribution >= 0.6 is 24.0 Å². The molecule has 0 spiro atoms. The van der Waals surface area contributed by atoms with Gasteiger partial charge < -0.3 is 15.1 Å². The van der Waals surface area contributed by atoms with Crippen molar-refractivity contribution in [1.29, 1.82) is 0 Å². The zero-order valence-electron chi connectivity index (χ0n) is 17.9. The van der Waals surface area contributed by atoms with Crippen molar-refractivity contribution in [2.24, 2.45) is 16.8 Å². The van der Waals surface area contributed by atoms with Crippen LogP contribution in [0.15, 0.2) is 4.99 Å². The molecule has 1 N–H and O–H groups in total. The Morgan fingerprint density at radius 2 is 2.00 bits per heavy atom. The number of hydrogen-bond donors (Lipinski definition) is 1. The minimum absolute atomic E-state index is 0. The molecule has 2 saturated heterocycles. The van der Waals surface area contributed by atoms with Crippen LogP contribution in [0.1, 0.15) is 46.0 Å². The van der Waals surface area contributed by atoms with E-state index in [1.807, 2.05) is 21.1 Å². The Morgan fingerprint density at radius 3 is 2.63 bits per heavy atom. The zero-order chi connectivity index (χ0) is 19.1. The number of rotatable bonds is 7. The number of aliphatic imine (C=N–C) groups is 1. The molecule has 0 aromatic heterocycles. The number of halogens is 1. The number of likely N-dealkylation sites (N-methyl/N-ethyl adjacent to an activating group) is 1. The van der Waals surface area contributed by atoms with Gasteiger partial charge in [0.25, 0.3) is 0 Å². The molecular weight excluding hydrogens is 453 g/mol. The molecule has 2 fully saturated rings. The van der Waals surface area contributed by atoms with Gasteiger partial charge in [-0.25, -0.2) is 0 Å². The molecule has 2 unspecified atom stereocenters. The highest BCUT2D eigenvalue weighted by atomic mass is 127. The van der Waals surface area contributed by atoms with Crippen molar-refractivity contribution in [3.8, 4) is 0 Å². The fourth-order valence-electron chi connectivity index (χ4n) is 4.37. The Labute approximate surface area is 183 Å². The van der Waals surface area contributed by atoms with Crippen molar-refractivity contribution >= 4 is 35.8 Å². The molecular formula is C20H40IN5O. The van der Waals surface area contributed by atoms with E-state index in [4.69, 9.17) is 0 Å². The van der Waals surface area contributed by atoms with Crippen LogP contribution in [0.4, 0.5) is 0 Å². The van der Waals surface area contributed by atoms with E-state index < -0.39 is 0 Å². The fraction of sp³-hybridized carbons (Fsp3) is 0.900. The monoisotopic (exact) mass is 493 g/mol. The van der Waals surface area contributed by atoms with E-state index >= 15 is 0 Å². The van der Waals surface area contributed by atoms with Gasteiger partial charge in [-0.15, -0.1) is 24.0 Å². The quantitative estimate of drug-likeness (QED) is 0.256. The Bertz CT molecular complexity index is 483. The third kappa shape index (κ3) is 7.40. The first-order valence-electron chi connectivity index (χ1n) is 10.3. The lowest BCUT2D eigenvalue weighted by Crippen LogP contribution is -2.44. The molecule has 2 aliphatic rings. The normalized spacial score (nSPS) is 23.6. The van der Waals surface area contributed by atoms with Gasteiger partial charge in [0.2, 0.25) is 5.91 Å². The fourth-order valence-corrected chi connectivity index (χ4v) is 4.37. The molecule has 2 atom stereocenters. The summed E-state index contributed by atoms with van der Waals surface area (Å²) in [7, 11) is 5.59. The topological polar surface area (TPSA) is 51.2 Å². The minimum atomic E-state index is 0. The highest BCUT2D eigenvalue weighted by Gasteiger charge is 2.31. The summed E-state index contributed by atoms with van der Waals surface area (Å²) in [6.07, 6.45) is 5.76. The Hall–Kier alpha value is -0.570.